The quantitative estimate of drug-likeness (QED) is 0.795. The molecule has 1 aliphatic rings. The van der Waals surface area contributed by atoms with Crippen LogP contribution in [0, 0.1) is 3.70 Å². The number of carbonyl (C=O) groups is 1. The Morgan fingerprint density at radius 1 is 1.53 bits per heavy atom. The average molecular weight is 373 g/mol. The number of aromatic nitrogens is 3. The summed E-state index contributed by atoms with van der Waals surface area (Å²) >= 11 is 2.19. The highest BCUT2D eigenvalue weighted by Crippen LogP contribution is 2.20. The van der Waals surface area contributed by atoms with E-state index in [-0.39, 0.29) is 6.10 Å². The van der Waals surface area contributed by atoms with Gasteiger partial charge in [-0.05, 0) is 34.7 Å². The van der Waals surface area contributed by atoms with Crippen molar-refractivity contribution in [3.8, 4) is 0 Å². The maximum Gasteiger partial charge on any atom is 0.404 e. The lowest BCUT2D eigenvalue weighted by molar-refractivity contribution is 0.117. The largest absolute Gasteiger partial charge is 0.444 e. The van der Waals surface area contributed by atoms with E-state index in [1.807, 2.05) is 12.1 Å². The summed E-state index contributed by atoms with van der Waals surface area (Å²) in [4.78, 5) is 17.0. The number of fused-ring (bicyclic) bond motifs is 1. The number of rotatable bonds is 2. The Labute approximate surface area is 122 Å². The fraction of sp³-hybridized carbons (Fsp3) is 0.364. The zero-order valence-electron chi connectivity index (χ0n) is 9.99. The van der Waals surface area contributed by atoms with Crippen LogP contribution in [0.5, 0.6) is 0 Å². The molecule has 2 aromatic rings. The maximum atomic E-state index is 10.7. The Hall–Kier alpha value is -1.58. The highest BCUT2D eigenvalue weighted by Gasteiger charge is 2.26. The van der Waals surface area contributed by atoms with E-state index < -0.39 is 6.09 Å². The molecule has 2 N–H and O–H groups in total. The van der Waals surface area contributed by atoms with Gasteiger partial charge in [0.15, 0.2) is 5.65 Å². The molecular formula is C11H12IN5O2. The minimum absolute atomic E-state index is 0.156. The van der Waals surface area contributed by atoms with Gasteiger partial charge in [-0.3, -0.25) is 0 Å². The van der Waals surface area contributed by atoms with Crippen molar-refractivity contribution in [1.29, 1.82) is 0 Å². The van der Waals surface area contributed by atoms with E-state index in [4.69, 9.17) is 10.5 Å². The summed E-state index contributed by atoms with van der Waals surface area (Å²) in [6.45, 7) is 1.41. The maximum absolute atomic E-state index is 10.7. The van der Waals surface area contributed by atoms with Gasteiger partial charge in [0.05, 0.1) is 12.7 Å². The van der Waals surface area contributed by atoms with Crippen LogP contribution in [0.3, 0.4) is 0 Å². The van der Waals surface area contributed by atoms with E-state index >= 15 is 0 Å². The number of hydrogen-bond acceptors (Lipinski definition) is 5. The van der Waals surface area contributed by atoms with Crippen LogP contribution in [0.1, 0.15) is 6.42 Å². The van der Waals surface area contributed by atoms with Crippen LogP contribution in [0.15, 0.2) is 18.3 Å². The van der Waals surface area contributed by atoms with Crippen molar-refractivity contribution in [2.45, 2.75) is 12.5 Å². The lowest BCUT2D eigenvalue weighted by atomic mass is 10.3. The zero-order chi connectivity index (χ0) is 13.4. The van der Waals surface area contributed by atoms with E-state index in [1.54, 1.807) is 10.7 Å². The Bertz CT molecular complexity index is 629. The van der Waals surface area contributed by atoms with E-state index in [1.165, 1.54) is 0 Å². The molecule has 0 radical (unpaired) electrons. The average Bonchev–Trinajstić information content (AvgIpc) is 2.96. The summed E-state index contributed by atoms with van der Waals surface area (Å²) in [7, 11) is 0. The summed E-state index contributed by atoms with van der Waals surface area (Å²) in [6.07, 6.45) is 1.66. The van der Waals surface area contributed by atoms with E-state index in [0.717, 1.165) is 28.1 Å². The lowest BCUT2D eigenvalue weighted by Crippen LogP contribution is -2.27. The Kier molecular flexibility index (Phi) is 3.17. The summed E-state index contributed by atoms with van der Waals surface area (Å²) < 4.78 is 7.75. The van der Waals surface area contributed by atoms with Crippen LogP contribution < -0.4 is 10.6 Å². The molecule has 0 aliphatic carbocycles. The second kappa shape index (κ2) is 4.83. The molecule has 0 spiro atoms. The number of imidazole rings is 1. The predicted molar refractivity (Wildman–Crippen MR) is 77.0 cm³/mol. The molecule has 7 nitrogen and oxygen atoms in total. The van der Waals surface area contributed by atoms with Crippen molar-refractivity contribution in [3.63, 3.8) is 0 Å². The van der Waals surface area contributed by atoms with Crippen molar-refractivity contribution in [2.75, 3.05) is 18.0 Å². The SMILES string of the molecule is NC(=O)O[C@@H]1CCN(c2ccc3ncc(I)n3n2)C1. The molecule has 1 fully saturated rings. The molecule has 0 saturated carbocycles. The number of nitrogens with two attached hydrogens (primary N) is 1. The molecule has 8 heteroatoms. The lowest BCUT2D eigenvalue weighted by Gasteiger charge is -2.17. The second-order valence-corrected chi connectivity index (χ2v) is 5.44. The van der Waals surface area contributed by atoms with Gasteiger partial charge in [0.1, 0.15) is 15.6 Å². The number of amides is 1. The Morgan fingerprint density at radius 2 is 2.37 bits per heavy atom. The Balaban J connectivity index is 1.81. The number of anilines is 1. The molecule has 100 valence electrons. The minimum Gasteiger partial charge on any atom is -0.444 e. The van der Waals surface area contributed by atoms with Gasteiger partial charge in [-0.15, -0.1) is 5.10 Å². The molecule has 1 aliphatic heterocycles. The number of ether oxygens (including phenoxy) is 1. The van der Waals surface area contributed by atoms with Crippen molar-refractivity contribution in [1.82, 2.24) is 14.6 Å². The highest BCUT2D eigenvalue weighted by molar-refractivity contribution is 14.1. The molecule has 2 aromatic heterocycles. The molecule has 0 bridgehead atoms. The van der Waals surface area contributed by atoms with Crippen molar-refractivity contribution < 1.29 is 9.53 Å². The van der Waals surface area contributed by atoms with Crippen molar-refractivity contribution in [2.24, 2.45) is 5.73 Å². The van der Waals surface area contributed by atoms with Crippen LogP contribution in [0.25, 0.3) is 5.65 Å². The number of carbonyl (C=O) groups excluding carboxylic acids is 1. The molecule has 3 rings (SSSR count). The fourth-order valence-electron chi connectivity index (χ4n) is 2.20. The molecule has 1 saturated heterocycles. The third-order valence-electron chi connectivity index (χ3n) is 3.06. The third kappa shape index (κ3) is 2.44. The fourth-order valence-corrected chi connectivity index (χ4v) is 2.70. The summed E-state index contributed by atoms with van der Waals surface area (Å²) in [6, 6.07) is 3.85. The van der Waals surface area contributed by atoms with Crippen LogP contribution >= 0.6 is 22.6 Å². The predicted octanol–water partition coefficient (Wildman–Crippen LogP) is 1.01. The Morgan fingerprint density at radius 3 is 3.16 bits per heavy atom. The zero-order valence-corrected chi connectivity index (χ0v) is 12.1. The molecule has 3 heterocycles. The van der Waals surface area contributed by atoms with E-state index in [9.17, 15) is 4.79 Å². The van der Waals surface area contributed by atoms with E-state index in [2.05, 4.69) is 37.6 Å². The number of hydrogen-bond donors (Lipinski definition) is 1. The first-order valence-electron chi connectivity index (χ1n) is 5.85. The normalized spacial score (nSPS) is 19.0. The van der Waals surface area contributed by atoms with Crippen LogP contribution in [-0.2, 0) is 4.74 Å². The van der Waals surface area contributed by atoms with Gasteiger partial charge in [-0.25, -0.2) is 14.3 Å². The number of primary amides is 1. The van der Waals surface area contributed by atoms with Gasteiger partial charge in [0.25, 0.3) is 0 Å². The first kappa shape index (κ1) is 12.5. The van der Waals surface area contributed by atoms with Crippen molar-refractivity contribution >= 4 is 40.1 Å². The van der Waals surface area contributed by atoms with Gasteiger partial charge in [0.2, 0.25) is 0 Å². The van der Waals surface area contributed by atoms with Crippen LogP contribution in [0.2, 0.25) is 0 Å². The summed E-state index contributed by atoms with van der Waals surface area (Å²) in [5.41, 5.74) is 5.85. The van der Waals surface area contributed by atoms with E-state index in [0.29, 0.717) is 6.54 Å². The molecule has 0 unspecified atom stereocenters. The summed E-state index contributed by atoms with van der Waals surface area (Å²) in [5.74, 6) is 0.846. The number of halogens is 1. The minimum atomic E-state index is -0.723. The summed E-state index contributed by atoms with van der Waals surface area (Å²) in [5, 5.41) is 4.53. The topological polar surface area (TPSA) is 85.8 Å². The smallest absolute Gasteiger partial charge is 0.404 e. The third-order valence-corrected chi connectivity index (χ3v) is 3.79. The van der Waals surface area contributed by atoms with Crippen LogP contribution in [-0.4, -0.2) is 39.9 Å². The second-order valence-electron chi connectivity index (χ2n) is 4.34. The first-order valence-corrected chi connectivity index (χ1v) is 6.92. The molecule has 1 amide bonds. The van der Waals surface area contributed by atoms with Gasteiger partial charge in [-0.2, -0.15) is 0 Å². The monoisotopic (exact) mass is 373 g/mol. The van der Waals surface area contributed by atoms with Gasteiger partial charge in [0, 0.05) is 13.0 Å². The number of nitrogens with zero attached hydrogens (tertiary/aromatic N) is 4. The van der Waals surface area contributed by atoms with Gasteiger partial charge >= 0.3 is 6.09 Å². The van der Waals surface area contributed by atoms with Gasteiger partial charge < -0.3 is 15.4 Å². The van der Waals surface area contributed by atoms with Gasteiger partial charge in [-0.1, -0.05) is 0 Å². The van der Waals surface area contributed by atoms with Crippen molar-refractivity contribution in [3.05, 3.63) is 22.0 Å². The molecule has 0 aromatic carbocycles. The standard InChI is InChI=1S/C11H12IN5O2/c12-8-5-14-9-1-2-10(15-17(8)9)16-4-3-7(6-16)19-11(13)18/h1-2,5,7H,3-4,6H2,(H2,13,18)/t7-/m1/s1. The molecule has 19 heavy (non-hydrogen) atoms. The highest BCUT2D eigenvalue weighted by atomic mass is 127. The molecule has 1 atom stereocenters. The molecular weight excluding hydrogens is 361 g/mol. The first-order chi connectivity index (χ1) is 9.13. The van der Waals surface area contributed by atoms with Crippen LogP contribution in [0.4, 0.5) is 10.6 Å².